The summed E-state index contributed by atoms with van der Waals surface area (Å²) >= 11 is 0. The minimum atomic E-state index is -3.03. The number of alkyl halides is 4. The van der Waals surface area contributed by atoms with Crippen molar-refractivity contribution >= 4 is 16.6 Å². The van der Waals surface area contributed by atoms with E-state index < -0.39 is 36.3 Å². The normalized spacial score (nSPS) is 14.6. The number of benzene rings is 2. The first-order valence-corrected chi connectivity index (χ1v) is 10.3. The van der Waals surface area contributed by atoms with Gasteiger partial charge in [0.05, 0.1) is 29.0 Å². The van der Waals surface area contributed by atoms with Crippen molar-refractivity contribution in [1.82, 2.24) is 19.3 Å². The van der Waals surface area contributed by atoms with E-state index in [1.165, 1.54) is 33.5 Å². The molecular weight excluding hydrogens is 441 g/mol. The Bertz CT molecular complexity index is 1390. The van der Waals surface area contributed by atoms with Crippen LogP contribution in [0, 0.1) is 12.7 Å². The van der Waals surface area contributed by atoms with Gasteiger partial charge in [0.15, 0.2) is 5.82 Å². The van der Waals surface area contributed by atoms with Crippen LogP contribution in [-0.4, -0.2) is 25.8 Å². The molecular formula is C23H20F5N5. The monoisotopic (exact) mass is 461 g/mol. The SMILES string of the molecule is Cc1nnc2n1-c1c(cc(F)c(-c3cccc4c3ccn4CC(F)F)c1C(F)F)NC2(C)C. The van der Waals surface area contributed by atoms with Crippen LogP contribution in [0.5, 0.6) is 0 Å². The van der Waals surface area contributed by atoms with Crippen LogP contribution in [0.1, 0.15) is 37.5 Å². The number of nitrogens with one attached hydrogen (secondary N) is 1. The molecule has 1 aliphatic heterocycles. The van der Waals surface area contributed by atoms with Gasteiger partial charge in [0.1, 0.15) is 11.6 Å². The van der Waals surface area contributed by atoms with Crippen molar-refractivity contribution in [2.45, 2.75) is 45.7 Å². The molecule has 4 aromatic rings. The van der Waals surface area contributed by atoms with E-state index in [0.717, 1.165) is 0 Å². The van der Waals surface area contributed by atoms with Gasteiger partial charge in [0, 0.05) is 22.7 Å². The maximum atomic E-state index is 15.5. The molecule has 33 heavy (non-hydrogen) atoms. The van der Waals surface area contributed by atoms with Crippen molar-refractivity contribution in [3.8, 4) is 16.8 Å². The van der Waals surface area contributed by atoms with Gasteiger partial charge in [-0.25, -0.2) is 22.0 Å². The van der Waals surface area contributed by atoms with E-state index in [9.17, 15) is 17.6 Å². The summed E-state index contributed by atoms with van der Waals surface area (Å²) in [6.45, 7) is 4.70. The van der Waals surface area contributed by atoms with Crippen molar-refractivity contribution in [2.75, 3.05) is 5.32 Å². The third-order valence-corrected chi connectivity index (χ3v) is 5.98. The second-order valence-electron chi connectivity index (χ2n) is 8.60. The zero-order valence-corrected chi connectivity index (χ0v) is 18.0. The van der Waals surface area contributed by atoms with E-state index in [2.05, 4.69) is 15.5 Å². The van der Waals surface area contributed by atoms with Gasteiger partial charge in [0.25, 0.3) is 12.9 Å². The van der Waals surface area contributed by atoms with Crippen LogP contribution < -0.4 is 5.32 Å². The second-order valence-corrected chi connectivity index (χ2v) is 8.60. The molecule has 0 unspecified atom stereocenters. The molecule has 3 heterocycles. The summed E-state index contributed by atoms with van der Waals surface area (Å²) in [6, 6.07) is 7.40. The Kier molecular flexibility index (Phi) is 4.73. The number of hydrogen-bond donors (Lipinski definition) is 1. The number of anilines is 1. The maximum Gasteiger partial charge on any atom is 0.266 e. The van der Waals surface area contributed by atoms with Crippen LogP contribution in [-0.2, 0) is 12.1 Å². The van der Waals surface area contributed by atoms with Crippen molar-refractivity contribution in [1.29, 1.82) is 0 Å². The van der Waals surface area contributed by atoms with Crippen LogP contribution in [0.15, 0.2) is 36.5 Å². The summed E-state index contributed by atoms with van der Waals surface area (Å²) in [5.41, 5.74) is -0.653. The number of halogens is 5. The summed E-state index contributed by atoms with van der Waals surface area (Å²) in [5.74, 6) is -0.0227. The zero-order chi connectivity index (χ0) is 23.7. The summed E-state index contributed by atoms with van der Waals surface area (Å²) in [7, 11) is 0. The Hall–Kier alpha value is -3.43. The number of aromatic nitrogens is 4. The number of rotatable bonds is 4. The van der Waals surface area contributed by atoms with Crippen LogP contribution in [0.2, 0.25) is 0 Å². The van der Waals surface area contributed by atoms with Gasteiger partial charge in [-0.1, -0.05) is 12.1 Å². The van der Waals surface area contributed by atoms with Gasteiger partial charge in [0.2, 0.25) is 0 Å². The molecule has 5 rings (SSSR count). The minimum absolute atomic E-state index is 0.0854. The molecule has 1 aliphatic rings. The fraction of sp³-hybridized carbons (Fsp3) is 0.304. The number of nitrogens with zero attached hydrogens (tertiary/aromatic N) is 4. The Balaban J connectivity index is 1.84. The Morgan fingerprint density at radius 2 is 1.85 bits per heavy atom. The molecule has 10 heteroatoms. The van der Waals surface area contributed by atoms with Crippen molar-refractivity contribution < 1.29 is 22.0 Å². The van der Waals surface area contributed by atoms with Crippen LogP contribution >= 0.6 is 0 Å². The quantitative estimate of drug-likeness (QED) is 0.368. The fourth-order valence-electron chi connectivity index (χ4n) is 4.66. The Morgan fingerprint density at radius 1 is 1.09 bits per heavy atom. The molecule has 172 valence electrons. The van der Waals surface area contributed by atoms with E-state index in [0.29, 0.717) is 22.6 Å². The smallest absolute Gasteiger partial charge is 0.266 e. The first kappa shape index (κ1) is 21.4. The zero-order valence-electron chi connectivity index (χ0n) is 18.0. The lowest BCUT2D eigenvalue weighted by atomic mass is 9.91. The van der Waals surface area contributed by atoms with Gasteiger partial charge in [-0.2, -0.15) is 0 Å². The highest BCUT2D eigenvalue weighted by Crippen LogP contribution is 2.47. The minimum Gasteiger partial charge on any atom is -0.371 e. The van der Waals surface area contributed by atoms with Crippen LogP contribution in [0.25, 0.3) is 27.7 Å². The van der Waals surface area contributed by atoms with Crippen molar-refractivity contribution in [3.63, 3.8) is 0 Å². The summed E-state index contributed by atoms with van der Waals surface area (Å²) in [4.78, 5) is 0. The summed E-state index contributed by atoms with van der Waals surface area (Å²) < 4.78 is 73.6. The van der Waals surface area contributed by atoms with Gasteiger partial charge < -0.3 is 9.88 Å². The molecule has 0 radical (unpaired) electrons. The molecule has 0 fully saturated rings. The molecule has 2 aromatic heterocycles. The molecule has 5 nitrogen and oxygen atoms in total. The lowest BCUT2D eigenvalue weighted by Crippen LogP contribution is -2.36. The topological polar surface area (TPSA) is 47.7 Å². The molecule has 0 saturated heterocycles. The van der Waals surface area contributed by atoms with E-state index in [4.69, 9.17) is 0 Å². The molecule has 0 aliphatic carbocycles. The van der Waals surface area contributed by atoms with Gasteiger partial charge in [-0.3, -0.25) is 4.57 Å². The lowest BCUT2D eigenvalue weighted by Gasteiger charge is -2.35. The van der Waals surface area contributed by atoms with Gasteiger partial charge in [-0.05, 0) is 44.5 Å². The Morgan fingerprint density at radius 3 is 2.55 bits per heavy atom. The fourth-order valence-corrected chi connectivity index (χ4v) is 4.66. The van der Waals surface area contributed by atoms with Gasteiger partial charge >= 0.3 is 0 Å². The summed E-state index contributed by atoms with van der Waals surface area (Å²) in [5, 5.41) is 11.7. The van der Waals surface area contributed by atoms with Crippen LogP contribution in [0.4, 0.5) is 27.6 Å². The molecule has 0 saturated carbocycles. The first-order valence-electron chi connectivity index (χ1n) is 10.3. The largest absolute Gasteiger partial charge is 0.371 e. The molecule has 1 N–H and O–H groups in total. The van der Waals surface area contributed by atoms with E-state index >= 15 is 4.39 Å². The first-order chi connectivity index (χ1) is 15.6. The molecule has 0 spiro atoms. The predicted molar refractivity (Wildman–Crippen MR) is 115 cm³/mol. The average molecular weight is 461 g/mol. The highest BCUT2D eigenvalue weighted by molar-refractivity contribution is 5.98. The van der Waals surface area contributed by atoms with Crippen LogP contribution in [0.3, 0.4) is 0 Å². The maximum absolute atomic E-state index is 15.5. The third-order valence-electron chi connectivity index (χ3n) is 5.98. The van der Waals surface area contributed by atoms with Crippen molar-refractivity contribution in [3.05, 3.63) is 59.6 Å². The van der Waals surface area contributed by atoms with Crippen molar-refractivity contribution in [2.24, 2.45) is 0 Å². The second kappa shape index (κ2) is 7.29. The lowest BCUT2D eigenvalue weighted by molar-refractivity contribution is 0.128. The highest BCUT2D eigenvalue weighted by atomic mass is 19.3. The van der Waals surface area contributed by atoms with E-state index in [-0.39, 0.29) is 22.5 Å². The number of hydrogen-bond acceptors (Lipinski definition) is 3. The standard InChI is InChI=1S/C23H20F5N5/c1-11-30-31-22-23(2,3)29-15-9-14(24)18(19(21(27)28)20(15)33(11)22)13-5-4-6-16-12(13)7-8-32(16)10-17(25)26/h4-9,17,21,29H,10H2,1-3H3. The predicted octanol–water partition coefficient (Wildman–Crippen LogP) is 6.20. The highest BCUT2D eigenvalue weighted by Gasteiger charge is 2.38. The number of fused-ring (bicyclic) bond motifs is 4. The third kappa shape index (κ3) is 3.19. The van der Waals surface area contributed by atoms with Gasteiger partial charge in [-0.15, -0.1) is 10.2 Å². The molecule has 2 aromatic carbocycles. The number of aryl methyl sites for hydroxylation is 1. The van der Waals surface area contributed by atoms with E-state index in [1.807, 2.05) is 0 Å². The molecule has 0 atom stereocenters. The molecule has 0 amide bonds. The summed E-state index contributed by atoms with van der Waals surface area (Å²) in [6.07, 6.45) is -4.17. The average Bonchev–Trinajstić information content (AvgIpc) is 3.31. The van der Waals surface area contributed by atoms with E-state index in [1.54, 1.807) is 32.9 Å². The Labute approximate surface area is 185 Å². The molecule has 0 bridgehead atoms.